The van der Waals surface area contributed by atoms with Gasteiger partial charge in [-0.2, -0.15) is 0 Å². The molecule has 0 aliphatic carbocycles. The zero-order chi connectivity index (χ0) is 13.1. The minimum atomic E-state index is -0.703. The molecule has 0 spiro atoms. The molecule has 1 aromatic carbocycles. The smallest absolute Gasteiger partial charge is 0.244 e. The van der Waals surface area contributed by atoms with Gasteiger partial charge in [0.25, 0.3) is 0 Å². The van der Waals surface area contributed by atoms with Gasteiger partial charge in [0.15, 0.2) is 4.80 Å². The van der Waals surface area contributed by atoms with Crippen LogP contribution in [0.25, 0.3) is 0 Å². The van der Waals surface area contributed by atoms with Crippen LogP contribution in [0.1, 0.15) is 0 Å². The second kappa shape index (κ2) is 5.09. The van der Waals surface area contributed by atoms with Crippen LogP contribution >= 0.6 is 11.3 Å². The average Bonchev–Trinajstić information content (AvgIpc) is 2.70. The maximum atomic E-state index is 13.3. The van der Waals surface area contributed by atoms with Crippen LogP contribution in [0.5, 0.6) is 0 Å². The summed E-state index contributed by atoms with van der Waals surface area (Å²) in [5.41, 5.74) is -0.206. The summed E-state index contributed by atoms with van der Waals surface area (Å²) in [6.07, 6.45) is 1.58. The molecule has 0 bridgehead atoms. The molecule has 4 nitrogen and oxygen atoms in total. The molecule has 0 saturated heterocycles. The molecule has 7 heteroatoms. The Kier molecular flexibility index (Phi) is 3.52. The van der Waals surface area contributed by atoms with E-state index in [1.54, 1.807) is 11.6 Å². The molecule has 2 rings (SSSR count). The van der Waals surface area contributed by atoms with Gasteiger partial charge in [0.2, 0.25) is 5.91 Å². The third kappa shape index (κ3) is 2.80. The molecular formula is C11H9F2N3OS. The van der Waals surface area contributed by atoms with Crippen LogP contribution in [0.2, 0.25) is 0 Å². The molecule has 2 N–H and O–H groups in total. The first-order valence-electron chi connectivity index (χ1n) is 4.99. The summed E-state index contributed by atoms with van der Waals surface area (Å²) < 4.78 is 27.6. The van der Waals surface area contributed by atoms with Gasteiger partial charge in [-0.05, 0) is 12.1 Å². The minimum Gasteiger partial charge on any atom is -0.322 e. The number of hydrogen-bond acceptors (Lipinski definition) is 3. The molecular weight excluding hydrogens is 260 g/mol. The molecule has 0 aliphatic heterocycles. The highest BCUT2D eigenvalue weighted by Gasteiger charge is 2.09. The fraction of sp³-hybridized carbons (Fsp3) is 0.0909. The highest BCUT2D eigenvalue weighted by molar-refractivity contribution is 7.06. The zero-order valence-electron chi connectivity index (χ0n) is 9.11. The molecule has 94 valence electrons. The number of halogens is 2. The summed E-state index contributed by atoms with van der Waals surface area (Å²) in [6, 6.07) is 2.83. The van der Waals surface area contributed by atoms with Crippen LogP contribution in [-0.4, -0.2) is 10.5 Å². The van der Waals surface area contributed by atoms with Gasteiger partial charge in [0, 0.05) is 17.6 Å². The fourth-order valence-corrected chi connectivity index (χ4v) is 1.96. The molecule has 1 aromatic heterocycles. The lowest BCUT2D eigenvalue weighted by Crippen LogP contribution is -2.24. The molecule has 0 atom stereocenters. The van der Waals surface area contributed by atoms with Gasteiger partial charge in [0.05, 0.1) is 5.69 Å². The lowest BCUT2D eigenvalue weighted by molar-refractivity contribution is -0.116. The van der Waals surface area contributed by atoms with Crippen molar-refractivity contribution in [1.29, 1.82) is 5.41 Å². The van der Waals surface area contributed by atoms with Crippen molar-refractivity contribution in [1.82, 2.24) is 4.57 Å². The van der Waals surface area contributed by atoms with Crippen molar-refractivity contribution in [3.63, 3.8) is 0 Å². The van der Waals surface area contributed by atoms with Crippen LogP contribution in [-0.2, 0) is 11.3 Å². The molecule has 2 aromatic rings. The number of benzene rings is 1. The third-order valence-corrected chi connectivity index (χ3v) is 2.91. The maximum absolute atomic E-state index is 13.3. The summed E-state index contributed by atoms with van der Waals surface area (Å²) in [5, 5.41) is 11.4. The molecule has 1 amide bonds. The highest BCUT2D eigenvalue weighted by atomic mass is 32.1. The van der Waals surface area contributed by atoms with Crippen molar-refractivity contribution in [2.75, 3.05) is 5.32 Å². The van der Waals surface area contributed by atoms with E-state index in [4.69, 9.17) is 5.41 Å². The summed E-state index contributed by atoms with van der Waals surface area (Å²) in [7, 11) is 0. The molecule has 0 unspecified atom stereocenters. The van der Waals surface area contributed by atoms with Gasteiger partial charge in [0.1, 0.15) is 18.2 Å². The van der Waals surface area contributed by atoms with E-state index in [1.165, 1.54) is 15.9 Å². The number of hydrogen-bond donors (Lipinski definition) is 2. The number of carbonyl (C=O) groups excluding carboxylic acids is 1. The Morgan fingerprint density at radius 2 is 2.22 bits per heavy atom. The van der Waals surface area contributed by atoms with Crippen molar-refractivity contribution >= 4 is 22.9 Å². The molecule has 0 radical (unpaired) electrons. The monoisotopic (exact) mass is 269 g/mol. The van der Waals surface area contributed by atoms with Crippen molar-refractivity contribution in [3.05, 3.63) is 46.2 Å². The van der Waals surface area contributed by atoms with Crippen LogP contribution in [0.3, 0.4) is 0 Å². The Morgan fingerprint density at radius 3 is 2.89 bits per heavy atom. The van der Waals surface area contributed by atoms with E-state index < -0.39 is 17.5 Å². The second-order valence-electron chi connectivity index (χ2n) is 3.51. The van der Waals surface area contributed by atoms with Gasteiger partial charge < -0.3 is 9.88 Å². The van der Waals surface area contributed by atoms with Crippen molar-refractivity contribution in [3.8, 4) is 0 Å². The van der Waals surface area contributed by atoms with E-state index in [1.807, 2.05) is 0 Å². The number of nitrogens with one attached hydrogen (secondary N) is 2. The summed E-state index contributed by atoms with van der Waals surface area (Å²) in [6.45, 7) is -0.113. The number of rotatable bonds is 3. The average molecular weight is 269 g/mol. The van der Waals surface area contributed by atoms with Gasteiger partial charge in [-0.3, -0.25) is 10.2 Å². The van der Waals surface area contributed by atoms with E-state index >= 15 is 0 Å². The molecule has 1 heterocycles. The number of anilines is 1. The topological polar surface area (TPSA) is 57.9 Å². The van der Waals surface area contributed by atoms with E-state index in [0.29, 0.717) is 0 Å². The number of carbonyl (C=O) groups is 1. The van der Waals surface area contributed by atoms with Gasteiger partial charge in [-0.1, -0.05) is 0 Å². The third-order valence-electron chi connectivity index (χ3n) is 2.20. The Labute approximate surface area is 105 Å². The van der Waals surface area contributed by atoms with Gasteiger partial charge in [-0.25, -0.2) is 8.78 Å². The van der Waals surface area contributed by atoms with Gasteiger partial charge >= 0.3 is 0 Å². The summed E-state index contributed by atoms with van der Waals surface area (Å²) in [5.74, 6) is -1.85. The van der Waals surface area contributed by atoms with Crippen molar-refractivity contribution in [2.24, 2.45) is 0 Å². The van der Waals surface area contributed by atoms with E-state index in [0.717, 1.165) is 18.2 Å². The lowest BCUT2D eigenvalue weighted by atomic mass is 10.3. The minimum absolute atomic E-state index is 0.113. The lowest BCUT2D eigenvalue weighted by Gasteiger charge is -2.06. The summed E-state index contributed by atoms with van der Waals surface area (Å²) >= 11 is 1.17. The Hall–Kier alpha value is -2.02. The number of thiazole rings is 1. The SMILES string of the molecule is N=c1sccn1CC(=O)Nc1cc(F)ccc1F. The number of aromatic nitrogens is 1. The van der Waals surface area contributed by atoms with Crippen LogP contribution < -0.4 is 10.1 Å². The standard InChI is InChI=1S/C11H9F2N3OS/c12-7-1-2-8(13)9(5-7)15-10(17)6-16-3-4-18-11(16)14/h1-5,14H,6H2,(H,15,17). The van der Waals surface area contributed by atoms with Crippen LogP contribution in [0.15, 0.2) is 29.8 Å². The Morgan fingerprint density at radius 1 is 1.44 bits per heavy atom. The maximum Gasteiger partial charge on any atom is 0.244 e. The largest absolute Gasteiger partial charge is 0.322 e. The first kappa shape index (κ1) is 12.4. The summed E-state index contributed by atoms with van der Waals surface area (Å²) in [4.78, 5) is 11.8. The van der Waals surface area contributed by atoms with E-state index in [-0.39, 0.29) is 17.0 Å². The zero-order valence-corrected chi connectivity index (χ0v) is 9.93. The van der Waals surface area contributed by atoms with Gasteiger partial charge in [-0.15, -0.1) is 11.3 Å². The Bertz CT molecular complexity index is 635. The molecule has 0 fully saturated rings. The molecule has 0 saturated carbocycles. The normalized spacial score (nSPS) is 10.3. The first-order chi connectivity index (χ1) is 8.56. The number of nitrogens with zero attached hydrogens (tertiary/aromatic N) is 1. The van der Waals surface area contributed by atoms with Crippen molar-refractivity contribution in [2.45, 2.75) is 6.54 Å². The Balaban J connectivity index is 2.10. The van der Waals surface area contributed by atoms with Crippen LogP contribution in [0.4, 0.5) is 14.5 Å². The fourth-order valence-electron chi connectivity index (χ4n) is 1.37. The molecule has 18 heavy (non-hydrogen) atoms. The first-order valence-corrected chi connectivity index (χ1v) is 5.87. The van der Waals surface area contributed by atoms with E-state index in [9.17, 15) is 13.6 Å². The van der Waals surface area contributed by atoms with Crippen molar-refractivity contribution < 1.29 is 13.6 Å². The highest BCUT2D eigenvalue weighted by Crippen LogP contribution is 2.15. The van der Waals surface area contributed by atoms with Crippen LogP contribution in [0, 0.1) is 17.0 Å². The molecule has 0 aliphatic rings. The predicted molar refractivity (Wildman–Crippen MR) is 63.2 cm³/mol. The second-order valence-corrected chi connectivity index (χ2v) is 4.40. The quantitative estimate of drug-likeness (QED) is 0.879. The number of amides is 1. The predicted octanol–water partition coefficient (Wildman–Crippen LogP) is 1.95. The van der Waals surface area contributed by atoms with E-state index in [2.05, 4.69) is 5.32 Å².